The number of aromatic nitrogens is 3. The van der Waals surface area contributed by atoms with Gasteiger partial charge in [-0.2, -0.15) is 15.0 Å². The van der Waals surface area contributed by atoms with E-state index in [-0.39, 0.29) is 18.5 Å². The van der Waals surface area contributed by atoms with Crippen LogP contribution in [0.2, 0.25) is 0 Å². The van der Waals surface area contributed by atoms with E-state index in [0.29, 0.717) is 35.1 Å². The van der Waals surface area contributed by atoms with E-state index < -0.39 is 0 Å². The van der Waals surface area contributed by atoms with E-state index in [9.17, 15) is 9.90 Å². The largest absolute Gasteiger partial charge is 0.392 e. The van der Waals surface area contributed by atoms with Gasteiger partial charge >= 0.3 is 0 Å². The van der Waals surface area contributed by atoms with Crippen molar-refractivity contribution in [2.75, 3.05) is 53.7 Å². The van der Waals surface area contributed by atoms with Crippen molar-refractivity contribution in [2.24, 2.45) is 0 Å². The maximum Gasteiger partial charge on any atom is 0.268 e. The Morgan fingerprint density at radius 1 is 0.952 bits per heavy atom. The van der Waals surface area contributed by atoms with Crippen LogP contribution in [0.15, 0.2) is 42.5 Å². The topological polar surface area (TPSA) is 130 Å². The average molecular weight is 584 g/mol. The minimum Gasteiger partial charge on any atom is -0.392 e. The number of thiophene rings is 1. The first-order valence-corrected chi connectivity index (χ1v) is 15.3. The van der Waals surface area contributed by atoms with E-state index in [2.05, 4.69) is 37.3 Å². The lowest BCUT2D eigenvalue weighted by Crippen LogP contribution is -2.37. The number of carbonyl (C=O) groups is 1. The number of fused-ring (bicyclic) bond motifs is 3. The minimum absolute atomic E-state index is 0.000502. The second kappa shape index (κ2) is 11.3. The minimum atomic E-state index is -0.277. The molecule has 10 nitrogen and oxygen atoms in total. The van der Waals surface area contributed by atoms with Crippen LogP contribution in [0.25, 0.3) is 11.4 Å². The van der Waals surface area contributed by atoms with Gasteiger partial charge in [0.2, 0.25) is 11.9 Å². The smallest absolute Gasteiger partial charge is 0.268 e. The Morgan fingerprint density at radius 2 is 1.76 bits per heavy atom. The molecule has 0 radical (unpaired) electrons. The molecule has 2 aliphatic heterocycles. The zero-order chi connectivity index (χ0) is 28.6. The molecular weight excluding hydrogens is 550 g/mol. The van der Waals surface area contributed by atoms with Gasteiger partial charge in [-0.3, -0.25) is 4.79 Å². The summed E-state index contributed by atoms with van der Waals surface area (Å²) in [6.07, 6.45) is 5.33. The Morgan fingerprint density at radius 3 is 2.57 bits per heavy atom. The number of anilines is 5. The number of hydrogen-bond acceptors (Lipinski definition) is 10. The summed E-state index contributed by atoms with van der Waals surface area (Å²) in [5, 5.41) is 13.8. The molecule has 0 atom stereocenters. The summed E-state index contributed by atoms with van der Waals surface area (Å²) in [6.45, 7) is 3.48. The van der Waals surface area contributed by atoms with Gasteiger partial charge in [0, 0.05) is 47.0 Å². The van der Waals surface area contributed by atoms with Crippen molar-refractivity contribution in [3.05, 3.63) is 68.9 Å². The van der Waals surface area contributed by atoms with Crippen LogP contribution in [0, 0.1) is 0 Å². The number of benzene rings is 2. The summed E-state index contributed by atoms with van der Waals surface area (Å²) in [7, 11) is 0. The van der Waals surface area contributed by atoms with Gasteiger partial charge < -0.3 is 30.7 Å². The van der Waals surface area contributed by atoms with E-state index >= 15 is 0 Å². The highest BCUT2D eigenvalue weighted by atomic mass is 32.1. The first kappa shape index (κ1) is 26.8. The monoisotopic (exact) mass is 583 g/mol. The Bertz CT molecular complexity index is 1630. The van der Waals surface area contributed by atoms with Crippen LogP contribution in [0.3, 0.4) is 0 Å². The molecule has 1 amide bonds. The van der Waals surface area contributed by atoms with Crippen molar-refractivity contribution in [1.82, 2.24) is 15.0 Å². The van der Waals surface area contributed by atoms with Crippen LogP contribution in [-0.4, -0.2) is 58.8 Å². The summed E-state index contributed by atoms with van der Waals surface area (Å²) in [5.41, 5.74) is 12.6. The maximum atomic E-state index is 13.8. The van der Waals surface area contributed by atoms with Crippen LogP contribution >= 0.6 is 11.3 Å². The number of aryl methyl sites for hydroxylation is 1. The van der Waals surface area contributed by atoms with Crippen molar-refractivity contribution in [3.63, 3.8) is 0 Å². The summed E-state index contributed by atoms with van der Waals surface area (Å²) >= 11 is 1.65. The average Bonchev–Trinajstić information content (AvgIpc) is 3.41. The van der Waals surface area contributed by atoms with E-state index in [0.717, 1.165) is 61.8 Å². The number of aliphatic hydroxyl groups is 1. The highest BCUT2D eigenvalue weighted by molar-refractivity contribution is 7.14. The zero-order valence-corrected chi connectivity index (χ0v) is 24.1. The molecule has 2 aromatic carbocycles. The standard InChI is InChI=1S/C31H33N7O3S/c32-30-34-28(35-31(36-30)33-19-8-10-20(11-9-19)37-14-16-41-17-15-37)23-5-3-6-25(24(23)18-39)38-13-12-22-21-4-1-2-7-26(21)42-27(22)29(38)40/h3,5-6,8-11,39H,1-2,4,7,12-18H2,(H3,32,33,34,35,36). The number of amides is 1. The van der Waals surface area contributed by atoms with Crippen molar-refractivity contribution in [3.8, 4) is 11.4 Å². The third-order valence-corrected chi connectivity index (χ3v) is 9.62. The molecule has 0 bridgehead atoms. The molecular formula is C31H33N7O3S. The Kier molecular flexibility index (Phi) is 7.22. The fourth-order valence-electron chi connectivity index (χ4n) is 6.22. The summed E-state index contributed by atoms with van der Waals surface area (Å²) in [5.74, 6) is 0.691. The molecule has 4 N–H and O–H groups in total. The Hall–Kier alpha value is -4.06. The summed E-state index contributed by atoms with van der Waals surface area (Å²) < 4.78 is 5.45. The van der Waals surface area contributed by atoms with Gasteiger partial charge in [0.05, 0.1) is 30.4 Å². The number of ether oxygens (including phenoxy) is 1. The molecule has 2 aromatic heterocycles. The molecule has 4 heterocycles. The van der Waals surface area contributed by atoms with E-state index in [4.69, 9.17) is 10.5 Å². The van der Waals surface area contributed by atoms with Crippen molar-refractivity contribution in [2.45, 2.75) is 38.7 Å². The van der Waals surface area contributed by atoms with E-state index in [1.165, 1.54) is 28.8 Å². The molecule has 42 heavy (non-hydrogen) atoms. The van der Waals surface area contributed by atoms with Gasteiger partial charge in [-0.15, -0.1) is 11.3 Å². The predicted molar refractivity (Wildman–Crippen MR) is 165 cm³/mol. The highest BCUT2D eigenvalue weighted by Gasteiger charge is 2.33. The number of nitrogens with one attached hydrogen (secondary N) is 1. The number of nitrogen functional groups attached to an aromatic ring is 1. The van der Waals surface area contributed by atoms with Crippen LogP contribution in [0.1, 0.15) is 44.1 Å². The first-order valence-electron chi connectivity index (χ1n) is 14.5. The summed E-state index contributed by atoms with van der Waals surface area (Å²) in [6, 6.07) is 13.6. The molecule has 4 aromatic rings. The van der Waals surface area contributed by atoms with Gasteiger partial charge in [0.1, 0.15) is 0 Å². The third kappa shape index (κ3) is 4.97. The van der Waals surface area contributed by atoms with Gasteiger partial charge in [-0.05, 0) is 73.6 Å². The van der Waals surface area contributed by atoms with Crippen molar-refractivity contribution in [1.29, 1.82) is 0 Å². The van der Waals surface area contributed by atoms with Crippen LogP contribution in [0.4, 0.5) is 29.0 Å². The molecule has 0 unspecified atom stereocenters. The van der Waals surface area contributed by atoms with Gasteiger partial charge in [-0.1, -0.05) is 12.1 Å². The zero-order valence-electron chi connectivity index (χ0n) is 23.3. The number of rotatable bonds is 6. The number of aliphatic hydroxyl groups excluding tert-OH is 1. The number of nitrogens with zero attached hydrogens (tertiary/aromatic N) is 5. The second-order valence-corrected chi connectivity index (χ2v) is 11.9. The fourth-order valence-corrected chi connectivity index (χ4v) is 7.61. The quantitative estimate of drug-likeness (QED) is 0.304. The highest BCUT2D eigenvalue weighted by Crippen LogP contribution is 2.40. The maximum absolute atomic E-state index is 13.8. The van der Waals surface area contributed by atoms with Gasteiger partial charge in [-0.25, -0.2) is 0 Å². The molecule has 0 spiro atoms. The van der Waals surface area contributed by atoms with Crippen molar-refractivity contribution >= 4 is 46.2 Å². The lowest BCUT2D eigenvalue weighted by molar-refractivity contribution is 0.0984. The Balaban J connectivity index is 1.17. The number of nitrogens with two attached hydrogens (primary N) is 1. The lowest BCUT2D eigenvalue weighted by atomic mass is 9.91. The molecule has 216 valence electrons. The summed E-state index contributed by atoms with van der Waals surface area (Å²) in [4.78, 5) is 33.4. The normalized spacial score (nSPS) is 16.7. The van der Waals surface area contributed by atoms with E-state index in [1.54, 1.807) is 16.2 Å². The fraction of sp³-hybridized carbons (Fsp3) is 0.355. The van der Waals surface area contributed by atoms with Crippen LogP contribution in [-0.2, 0) is 30.6 Å². The third-order valence-electron chi connectivity index (χ3n) is 8.30. The Labute approximate surface area is 248 Å². The SMILES string of the molecule is Nc1nc(Nc2ccc(N3CCOCC3)cc2)nc(-c2cccc(N3CCc4c(sc5c4CCCC5)C3=O)c2CO)n1. The molecule has 0 saturated carbocycles. The molecule has 1 aliphatic carbocycles. The second-order valence-electron chi connectivity index (χ2n) is 10.8. The van der Waals surface area contributed by atoms with Gasteiger partial charge in [0.15, 0.2) is 5.82 Å². The molecule has 1 fully saturated rings. The van der Waals surface area contributed by atoms with Crippen LogP contribution < -0.4 is 20.9 Å². The number of hydrogen-bond donors (Lipinski definition) is 3. The molecule has 3 aliphatic rings. The first-order chi connectivity index (χ1) is 20.6. The van der Waals surface area contributed by atoms with Crippen LogP contribution in [0.5, 0.6) is 0 Å². The molecule has 1 saturated heterocycles. The number of morpholine rings is 1. The number of carbonyl (C=O) groups excluding carboxylic acids is 1. The molecule has 11 heteroatoms. The lowest BCUT2D eigenvalue weighted by Gasteiger charge is -2.29. The molecule has 7 rings (SSSR count). The van der Waals surface area contributed by atoms with Crippen molar-refractivity contribution < 1.29 is 14.6 Å². The predicted octanol–water partition coefficient (Wildman–Crippen LogP) is 4.34. The van der Waals surface area contributed by atoms with Gasteiger partial charge in [0.25, 0.3) is 5.91 Å². The van der Waals surface area contributed by atoms with E-state index in [1.807, 2.05) is 30.3 Å².